The molecule has 0 aliphatic carbocycles. The number of hydrogen-bond acceptors (Lipinski definition) is 4. The molecule has 134 valence electrons. The minimum absolute atomic E-state index is 0.0488. The highest BCUT2D eigenvalue weighted by Crippen LogP contribution is 2.24. The average molecular weight is 340 g/mol. The van der Waals surface area contributed by atoms with Crippen LogP contribution in [0, 0.1) is 23.7 Å². The quantitative estimate of drug-likeness (QED) is 0.844. The smallest absolute Gasteiger partial charge is 0.0991 e. The summed E-state index contributed by atoms with van der Waals surface area (Å²) < 4.78 is 1.88. The molecule has 2 unspecified atom stereocenters. The van der Waals surface area contributed by atoms with Gasteiger partial charge in [0.15, 0.2) is 0 Å². The largest absolute Gasteiger partial charge is 0.395 e. The molecule has 0 saturated heterocycles. The van der Waals surface area contributed by atoms with Crippen LogP contribution in [0.1, 0.15) is 57.0 Å². The molecule has 0 radical (unpaired) electrons. The zero-order chi connectivity index (χ0) is 18.6. The topological polar surface area (TPSA) is 73.9 Å². The van der Waals surface area contributed by atoms with Gasteiger partial charge in [0.05, 0.1) is 30.1 Å². The number of rotatable bonds is 6. The molecule has 1 heterocycles. The van der Waals surface area contributed by atoms with E-state index in [0.717, 1.165) is 23.4 Å². The van der Waals surface area contributed by atoms with E-state index >= 15 is 0 Å². The van der Waals surface area contributed by atoms with Gasteiger partial charge in [-0.3, -0.25) is 0 Å². The molecule has 0 spiro atoms. The number of benzene rings is 1. The molecule has 5 heteroatoms. The third kappa shape index (κ3) is 4.91. The molecule has 1 aromatic carbocycles. The van der Waals surface area contributed by atoms with E-state index in [1.54, 1.807) is 12.1 Å². The van der Waals surface area contributed by atoms with E-state index in [0.29, 0.717) is 5.56 Å². The first-order valence-electron chi connectivity index (χ1n) is 8.67. The lowest BCUT2D eigenvalue weighted by molar-refractivity contribution is 0.190. The Kier molecular flexibility index (Phi) is 5.99. The predicted octanol–water partition coefficient (Wildman–Crippen LogP) is 3.50. The molecule has 0 aliphatic rings. The summed E-state index contributed by atoms with van der Waals surface area (Å²) in [4.78, 5) is 0. The maximum absolute atomic E-state index is 9.68. The highest BCUT2D eigenvalue weighted by molar-refractivity contribution is 5.41. The maximum atomic E-state index is 9.68. The number of nitrogens with one attached hydrogen (secondary N) is 1. The second-order valence-corrected chi connectivity index (χ2v) is 7.79. The summed E-state index contributed by atoms with van der Waals surface area (Å²) in [5.74, 6) is 0. The Bertz CT molecular complexity index is 735. The van der Waals surface area contributed by atoms with Gasteiger partial charge in [0, 0.05) is 23.3 Å². The Hall–Kier alpha value is -2.16. The van der Waals surface area contributed by atoms with Crippen LogP contribution in [0.15, 0.2) is 30.5 Å². The van der Waals surface area contributed by atoms with Crippen LogP contribution in [-0.2, 0) is 0 Å². The fraction of sp³-hybridized carbons (Fsp3) is 0.500. The molecule has 5 nitrogen and oxygen atoms in total. The molecule has 2 rings (SSSR count). The number of aromatic nitrogens is 2. The molecule has 2 aromatic rings. The number of nitrogens with zero attached hydrogens (tertiary/aromatic N) is 3. The fourth-order valence-electron chi connectivity index (χ4n) is 3.14. The Morgan fingerprint density at radius 2 is 1.92 bits per heavy atom. The van der Waals surface area contributed by atoms with Gasteiger partial charge in [-0.1, -0.05) is 20.8 Å². The Balaban J connectivity index is 2.17. The predicted molar refractivity (Wildman–Crippen MR) is 99.5 cm³/mol. The van der Waals surface area contributed by atoms with Gasteiger partial charge in [-0.15, -0.1) is 0 Å². The van der Waals surface area contributed by atoms with Gasteiger partial charge in [0.25, 0.3) is 0 Å². The van der Waals surface area contributed by atoms with Crippen molar-refractivity contribution in [2.24, 2.45) is 5.41 Å². The van der Waals surface area contributed by atoms with E-state index in [4.69, 9.17) is 5.26 Å². The van der Waals surface area contributed by atoms with Gasteiger partial charge in [-0.05, 0) is 49.9 Å². The van der Waals surface area contributed by atoms with Crippen molar-refractivity contribution in [3.8, 4) is 11.8 Å². The van der Waals surface area contributed by atoms with E-state index in [2.05, 4.69) is 44.2 Å². The molecule has 0 fully saturated rings. The van der Waals surface area contributed by atoms with Crippen molar-refractivity contribution < 1.29 is 5.11 Å². The van der Waals surface area contributed by atoms with Gasteiger partial charge in [0.2, 0.25) is 0 Å². The van der Waals surface area contributed by atoms with E-state index in [9.17, 15) is 5.11 Å². The zero-order valence-electron chi connectivity index (χ0n) is 15.7. The SMILES string of the molecule is Cc1c(C(C)NC(CO)CC(C)(C)C)cnn1-c1ccc(C#N)cc1. The number of aliphatic hydroxyl groups excluding tert-OH is 1. The van der Waals surface area contributed by atoms with E-state index in [-0.39, 0.29) is 24.1 Å². The summed E-state index contributed by atoms with van der Waals surface area (Å²) in [6.45, 7) is 10.8. The minimum Gasteiger partial charge on any atom is -0.395 e. The van der Waals surface area contributed by atoms with Crippen LogP contribution in [0.25, 0.3) is 5.69 Å². The molecular formula is C20H28N4O. The van der Waals surface area contributed by atoms with Crippen LogP contribution < -0.4 is 5.32 Å². The summed E-state index contributed by atoms with van der Waals surface area (Å²) in [7, 11) is 0. The molecule has 0 saturated carbocycles. The van der Waals surface area contributed by atoms with Gasteiger partial charge in [-0.25, -0.2) is 4.68 Å². The van der Waals surface area contributed by atoms with E-state index in [1.165, 1.54) is 0 Å². The van der Waals surface area contributed by atoms with Crippen LogP contribution in [0.5, 0.6) is 0 Å². The first kappa shape index (κ1) is 19.2. The zero-order valence-corrected chi connectivity index (χ0v) is 15.7. The van der Waals surface area contributed by atoms with Crippen LogP contribution in [0.2, 0.25) is 0 Å². The Labute approximate surface area is 150 Å². The summed E-state index contributed by atoms with van der Waals surface area (Å²) in [6.07, 6.45) is 2.77. The van der Waals surface area contributed by atoms with Crippen molar-refractivity contribution in [1.82, 2.24) is 15.1 Å². The van der Waals surface area contributed by atoms with Gasteiger partial charge < -0.3 is 10.4 Å². The second-order valence-electron chi connectivity index (χ2n) is 7.79. The summed E-state index contributed by atoms with van der Waals surface area (Å²) >= 11 is 0. The first-order chi connectivity index (χ1) is 11.7. The lowest BCUT2D eigenvalue weighted by Gasteiger charge is -2.28. The Morgan fingerprint density at radius 1 is 1.28 bits per heavy atom. The second kappa shape index (κ2) is 7.81. The molecule has 0 bridgehead atoms. The van der Waals surface area contributed by atoms with Crippen LogP contribution in [0.4, 0.5) is 0 Å². The summed E-state index contributed by atoms with van der Waals surface area (Å²) in [5, 5.41) is 26.6. The van der Waals surface area contributed by atoms with Crippen molar-refractivity contribution in [2.75, 3.05) is 6.61 Å². The normalized spacial score (nSPS) is 14.1. The molecule has 1 aromatic heterocycles. The highest BCUT2D eigenvalue weighted by atomic mass is 16.3. The van der Waals surface area contributed by atoms with Crippen molar-refractivity contribution in [3.05, 3.63) is 47.3 Å². The first-order valence-corrected chi connectivity index (χ1v) is 8.67. The van der Waals surface area contributed by atoms with E-state index < -0.39 is 0 Å². The summed E-state index contributed by atoms with van der Waals surface area (Å²) in [6, 6.07) is 9.65. The number of nitriles is 1. The lowest BCUT2D eigenvalue weighted by atomic mass is 9.88. The van der Waals surface area contributed by atoms with Gasteiger partial charge in [0.1, 0.15) is 0 Å². The average Bonchev–Trinajstić information content (AvgIpc) is 2.94. The Morgan fingerprint density at radius 3 is 2.44 bits per heavy atom. The van der Waals surface area contributed by atoms with E-state index in [1.807, 2.05) is 29.9 Å². The van der Waals surface area contributed by atoms with Gasteiger partial charge in [-0.2, -0.15) is 10.4 Å². The molecular weight excluding hydrogens is 312 g/mol. The van der Waals surface area contributed by atoms with Gasteiger partial charge >= 0.3 is 0 Å². The number of hydrogen-bond donors (Lipinski definition) is 2. The van der Waals surface area contributed by atoms with Crippen LogP contribution in [-0.4, -0.2) is 27.5 Å². The lowest BCUT2D eigenvalue weighted by Crippen LogP contribution is -2.37. The standard InChI is InChI=1S/C20H28N4O/c1-14(23-17(13-25)10-20(3,4)5)19-12-22-24(15(19)2)18-8-6-16(11-21)7-9-18/h6-9,12,14,17,23,25H,10,13H2,1-5H3. The third-order valence-electron chi connectivity index (χ3n) is 4.32. The molecule has 25 heavy (non-hydrogen) atoms. The maximum Gasteiger partial charge on any atom is 0.0991 e. The summed E-state index contributed by atoms with van der Waals surface area (Å²) in [5.41, 5.74) is 3.89. The molecule has 0 aliphatic heterocycles. The molecule has 0 amide bonds. The van der Waals surface area contributed by atoms with Crippen LogP contribution in [0.3, 0.4) is 0 Å². The highest BCUT2D eigenvalue weighted by Gasteiger charge is 2.22. The van der Waals surface area contributed by atoms with Crippen molar-refractivity contribution >= 4 is 0 Å². The molecule has 2 N–H and O–H groups in total. The van der Waals surface area contributed by atoms with Crippen molar-refractivity contribution in [3.63, 3.8) is 0 Å². The third-order valence-corrected chi connectivity index (χ3v) is 4.32. The molecule has 2 atom stereocenters. The fourth-order valence-corrected chi connectivity index (χ4v) is 3.14. The number of aliphatic hydroxyl groups is 1. The monoisotopic (exact) mass is 340 g/mol. The van der Waals surface area contributed by atoms with Crippen molar-refractivity contribution in [2.45, 2.75) is 53.1 Å². The van der Waals surface area contributed by atoms with Crippen LogP contribution >= 0.6 is 0 Å². The van der Waals surface area contributed by atoms with Crippen molar-refractivity contribution in [1.29, 1.82) is 5.26 Å². The minimum atomic E-state index is 0.0488.